The molecule has 0 amide bonds. The molecule has 1 aromatic rings. The Morgan fingerprint density at radius 2 is 2.41 bits per heavy atom. The lowest BCUT2D eigenvalue weighted by molar-refractivity contribution is 0.216. The van der Waals surface area contributed by atoms with Gasteiger partial charge in [-0.3, -0.25) is 16.2 Å². The summed E-state index contributed by atoms with van der Waals surface area (Å²) in [6.07, 6.45) is 0. The first kappa shape index (κ1) is 12.8. The summed E-state index contributed by atoms with van der Waals surface area (Å²) in [7, 11) is 2.09. The number of benzene rings is 1. The van der Waals surface area contributed by atoms with Crippen LogP contribution in [0.4, 0.5) is 4.39 Å². The minimum Gasteiger partial charge on any atom is -0.300 e. The van der Waals surface area contributed by atoms with E-state index in [1.807, 2.05) is 17.8 Å². The number of nitrogens with one attached hydrogen (secondary N) is 1. The van der Waals surface area contributed by atoms with Crippen LogP contribution in [-0.2, 0) is 0 Å². The van der Waals surface area contributed by atoms with Gasteiger partial charge in [0.2, 0.25) is 0 Å². The number of halogens is 1. The van der Waals surface area contributed by atoms with Crippen molar-refractivity contribution in [3.63, 3.8) is 0 Å². The second-order valence-corrected chi connectivity index (χ2v) is 5.47. The molecule has 0 spiro atoms. The van der Waals surface area contributed by atoms with Crippen molar-refractivity contribution in [2.45, 2.75) is 12.1 Å². The lowest BCUT2D eigenvalue weighted by atomic mass is 10.00. The predicted molar refractivity (Wildman–Crippen MR) is 70.2 cm³/mol. The number of hydrogen-bond acceptors (Lipinski definition) is 4. The highest BCUT2D eigenvalue weighted by Crippen LogP contribution is 2.26. The fourth-order valence-electron chi connectivity index (χ4n) is 2.19. The van der Waals surface area contributed by atoms with E-state index in [9.17, 15) is 4.39 Å². The summed E-state index contributed by atoms with van der Waals surface area (Å²) in [4.78, 5) is 2.28. The summed E-state index contributed by atoms with van der Waals surface area (Å²) in [6.45, 7) is 1.04. The molecule has 1 aliphatic rings. The predicted octanol–water partition coefficient (Wildman–Crippen LogP) is 1.38. The zero-order valence-corrected chi connectivity index (χ0v) is 10.7. The monoisotopic (exact) mass is 255 g/mol. The fourth-order valence-corrected chi connectivity index (χ4v) is 3.46. The molecule has 2 unspecified atom stereocenters. The van der Waals surface area contributed by atoms with E-state index < -0.39 is 0 Å². The van der Waals surface area contributed by atoms with Crippen molar-refractivity contribution in [3.8, 4) is 0 Å². The smallest absolute Gasteiger partial charge is 0.123 e. The van der Waals surface area contributed by atoms with Gasteiger partial charge < -0.3 is 0 Å². The Balaban J connectivity index is 2.20. The van der Waals surface area contributed by atoms with Crippen molar-refractivity contribution in [3.05, 3.63) is 35.6 Å². The molecule has 0 aromatic heterocycles. The average molecular weight is 255 g/mol. The van der Waals surface area contributed by atoms with Crippen molar-refractivity contribution in [1.29, 1.82) is 0 Å². The van der Waals surface area contributed by atoms with Gasteiger partial charge in [0.1, 0.15) is 5.82 Å². The maximum atomic E-state index is 13.2. The van der Waals surface area contributed by atoms with E-state index in [1.165, 1.54) is 6.07 Å². The molecule has 0 saturated carbocycles. The molecule has 0 bridgehead atoms. The molecule has 1 heterocycles. The number of hydrazine groups is 1. The number of likely N-dealkylation sites (N-methyl/N-ethyl adjacent to an activating group) is 1. The molecule has 0 radical (unpaired) electrons. The maximum absolute atomic E-state index is 13.2. The minimum absolute atomic E-state index is 0.0245. The zero-order chi connectivity index (χ0) is 12.3. The van der Waals surface area contributed by atoms with E-state index in [0.29, 0.717) is 6.04 Å². The number of nitrogens with two attached hydrogens (primary N) is 1. The van der Waals surface area contributed by atoms with Crippen molar-refractivity contribution in [2.24, 2.45) is 5.84 Å². The Kier molecular flexibility index (Phi) is 4.39. The lowest BCUT2D eigenvalue weighted by Gasteiger charge is -2.37. The number of hydrogen-bond donors (Lipinski definition) is 2. The Bertz CT molecular complexity index is 375. The van der Waals surface area contributed by atoms with Gasteiger partial charge in [0.15, 0.2) is 0 Å². The Morgan fingerprint density at radius 1 is 1.59 bits per heavy atom. The third-order valence-electron chi connectivity index (χ3n) is 3.22. The van der Waals surface area contributed by atoms with Gasteiger partial charge in [-0.15, -0.1) is 0 Å². The third kappa shape index (κ3) is 2.98. The van der Waals surface area contributed by atoms with Gasteiger partial charge in [0.05, 0.1) is 6.04 Å². The second-order valence-electron chi connectivity index (χ2n) is 4.32. The summed E-state index contributed by atoms with van der Waals surface area (Å²) in [5, 5.41) is 0. The molecule has 3 nitrogen and oxygen atoms in total. The molecule has 5 heteroatoms. The van der Waals surface area contributed by atoms with Crippen LogP contribution < -0.4 is 11.3 Å². The first-order chi connectivity index (χ1) is 8.22. The summed E-state index contributed by atoms with van der Waals surface area (Å²) in [5.74, 6) is 7.59. The summed E-state index contributed by atoms with van der Waals surface area (Å²) < 4.78 is 13.2. The van der Waals surface area contributed by atoms with Crippen LogP contribution in [0.25, 0.3) is 0 Å². The Hall–Kier alpha value is -0.620. The van der Waals surface area contributed by atoms with Crippen molar-refractivity contribution in [1.82, 2.24) is 10.3 Å². The van der Waals surface area contributed by atoms with Crippen LogP contribution in [0.15, 0.2) is 24.3 Å². The zero-order valence-electron chi connectivity index (χ0n) is 9.90. The standard InChI is InChI=1S/C12H18FN3S/c1-16-5-6-17-8-11(16)12(15-14)9-3-2-4-10(13)7-9/h2-4,7,11-12,15H,5-6,8,14H2,1H3. The molecule has 0 aliphatic carbocycles. The number of thioether (sulfide) groups is 1. The van der Waals surface area contributed by atoms with E-state index in [4.69, 9.17) is 5.84 Å². The van der Waals surface area contributed by atoms with Crippen LogP contribution in [0.2, 0.25) is 0 Å². The lowest BCUT2D eigenvalue weighted by Crippen LogP contribution is -2.49. The maximum Gasteiger partial charge on any atom is 0.123 e. The molecule has 1 fully saturated rings. The molecule has 1 aromatic carbocycles. The molecular formula is C12H18FN3S. The molecule has 2 rings (SSSR count). The van der Waals surface area contributed by atoms with E-state index in [1.54, 1.807) is 12.1 Å². The number of nitrogens with zero attached hydrogens (tertiary/aromatic N) is 1. The SMILES string of the molecule is CN1CCSCC1C(NN)c1cccc(F)c1. The summed E-state index contributed by atoms with van der Waals surface area (Å²) in [6, 6.07) is 6.93. The highest BCUT2D eigenvalue weighted by Gasteiger charge is 2.28. The van der Waals surface area contributed by atoms with Crippen molar-refractivity contribution in [2.75, 3.05) is 25.1 Å². The van der Waals surface area contributed by atoms with Gasteiger partial charge in [0.25, 0.3) is 0 Å². The van der Waals surface area contributed by atoms with Crippen LogP contribution in [-0.4, -0.2) is 36.0 Å². The molecule has 1 aliphatic heterocycles. The first-order valence-corrected chi connectivity index (χ1v) is 6.87. The topological polar surface area (TPSA) is 41.3 Å². The molecule has 3 N–H and O–H groups in total. The Labute approximate surface area is 106 Å². The van der Waals surface area contributed by atoms with Crippen molar-refractivity contribution < 1.29 is 4.39 Å². The fraction of sp³-hybridized carbons (Fsp3) is 0.500. The minimum atomic E-state index is -0.214. The first-order valence-electron chi connectivity index (χ1n) is 5.72. The van der Waals surface area contributed by atoms with E-state index in [0.717, 1.165) is 23.6 Å². The molecule has 94 valence electrons. The van der Waals surface area contributed by atoms with Gasteiger partial charge in [-0.1, -0.05) is 12.1 Å². The van der Waals surface area contributed by atoms with E-state index in [-0.39, 0.29) is 11.9 Å². The number of rotatable bonds is 3. The van der Waals surface area contributed by atoms with Crippen LogP contribution in [0.1, 0.15) is 11.6 Å². The normalized spacial score (nSPS) is 23.6. The largest absolute Gasteiger partial charge is 0.300 e. The van der Waals surface area contributed by atoms with Gasteiger partial charge >= 0.3 is 0 Å². The van der Waals surface area contributed by atoms with Gasteiger partial charge in [0, 0.05) is 24.1 Å². The van der Waals surface area contributed by atoms with Crippen molar-refractivity contribution >= 4 is 11.8 Å². The van der Waals surface area contributed by atoms with Crippen LogP contribution in [0.5, 0.6) is 0 Å². The highest BCUT2D eigenvalue weighted by molar-refractivity contribution is 7.99. The van der Waals surface area contributed by atoms with E-state index in [2.05, 4.69) is 17.4 Å². The van der Waals surface area contributed by atoms with Gasteiger partial charge in [-0.05, 0) is 24.7 Å². The van der Waals surface area contributed by atoms with Gasteiger partial charge in [-0.2, -0.15) is 11.8 Å². The molecular weight excluding hydrogens is 237 g/mol. The van der Waals surface area contributed by atoms with Crippen LogP contribution in [0, 0.1) is 5.82 Å². The second kappa shape index (κ2) is 5.82. The van der Waals surface area contributed by atoms with Crippen LogP contribution in [0.3, 0.4) is 0 Å². The third-order valence-corrected chi connectivity index (χ3v) is 4.26. The Morgan fingerprint density at radius 3 is 3.06 bits per heavy atom. The quantitative estimate of drug-likeness (QED) is 0.632. The molecule has 17 heavy (non-hydrogen) atoms. The average Bonchev–Trinajstić information content (AvgIpc) is 2.33. The molecule has 2 atom stereocenters. The summed E-state index contributed by atoms with van der Waals surface area (Å²) >= 11 is 1.92. The molecule has 1 saturated heterocycles. The van der Waals surface area contributed by atoms with Gasteiger partial charge in [-0.25, -0.2) is 4.39 Å². The highest BCUT2D eigenvalue weighted by atomic mass is 32.2. The van der Waals surface area contributed by atoms with E-state index >= 15 is 0 Å². The van der Waals surface area contributed by atoms with Crippen LogP contribution >= 0.6 is 11.8 Å². The summed E-state index contributed by atoms with van der Waals surface area (Å²) in [5.41, 5.74) is 3.73.